The number of aromatic nitrogens is 1. The molecule has 2 aliphatic carbocycles. The molecule has 3 nitrogen and oxygen atoms in total. The summed E-state index contributed by atoms with van der Waals surface area (Å²) in [6, 6.07) is 54.4. The third-order valence-electron chi connectivity index (χ3n) is 20.8. The molecule has 3 aliphatic heterocycles. The van der Waals surface area contributed by atoms with Gasteiger partial charge in [0.15, 0.2) is 0 Å². The van der Waals surface area contributed by atoms with E-state index < -0.39 is 0 Å². The second-order valence-corrected chi connectivity index (χ2v) is 27.2. The number of hydrogen-bond acceptors (Lipinski definition) is 3. The van der Waals surface area contributed by atoms with Crippen molar-refractivity contribution in [1.29, 1.82) is 0 Å². The number of anilines is 4. The molecule has 2 unspecified atom stereocenters. The van der Waals surface area contributed by atoms with Crippen LogP contribution in [0.3, 0.4) is 0 Å². The summed E-state index contributed by atoms with van der Waals surface area (Å²) in [6.45, 7) is 19.8. The Bertz CT molecular complexity index is 4100. The van der Waals surface area contributed by atoms with Crippen molar-refractivity contribution in [2.75, 3.05) is 9.71 Å². The zero-order valence-electron chi connectivity index (χ0n) is 46.9. The van der Waals surface area contributed by atoms with Crippen LogP contribution < -0.4 is 20.6 Å². The van der Waals surface area contributed by atoms with Crippen molar-refractivity contribution in [3.63, 3.8) is 0 Å². The lowest BCUT2D eigenvalue weighted by atomic mass is 9.43. The van der Waals surface area contributed by atoms with Crippen LogP contribution in [0, 0.1) is 0 Å². The number of unbranched alkanes of at least 4 members (excludes halogenated alkanes) is 4. The van der Waals surface area contributed by atoms with Crippen molar-refractivity contribution in [3.05, 3.63) is 161 Å². The van der Waals surface area contributed by atoms with Crippen molar-refractivity contribution in [3.8, 4) is 16.8 Å². The number of rotatable bonds is 10. The summed E-state index contributed by atoms with van der Waals surface area (Å²) in [7, 11) is 0. The molecule has 1 fully saturated rings. The maximum Gasteiger partial charge on any atom is 0.333 e. The fourth-order valence-corrected chi connectivity index (χ4v) is 17.4. The molecule has 77 heavy (non-hydrogen) atoms. The van der Waals surface area contributed by atoms with Crippen LogP contribution in [0.25, 0.3) is 69.6 Å². The predicted molar refractivity (Wildman–Crippen MR) is 335 cm³/mol. The molecule has 2 atom stereocenters. The Morgan fingerprint density at radius 1 is 0.519 bits per heavy atom. The molecule has 5 heterocycles. The maximum absolute atomic E-state index is 2.90. The third kappa shape index (κ3) is 6.68. The number of nitrogens with zero attached hydrogens (tertiary/aromatic N) is 3. The van der Waals surface area contributed by atoms with Gasteiger partial charge in [-0.1, -0.05) is 160 Å². The quantitative estimate of drug-likeness (QED) is 0.0999. The second kappa shape index (κ2) is 17.1. The van der Waals surface area contributed by atoms with Crippen LogP contribution in [0.2, 0.25) is 0 Å². The summed E-state index contributed by atoms with van der Waals surface area (Å²) < 4.78 is 5.55. The van der Waals surface area contributed by atoms with Crippen molar-refractivity contribution in [2.45, 2.75) is 167 Å². The molecule has 5 aliphatic rings. The van der Waals surface area contributed by atoms with Crippen molar-refractivity contribution in [2.24, 2.45) is 0 Å². The molecule has 0 radical (unpaired) electrons. The number of benzene rings is 8. The molecule has 5 heteroatoms. The van der Waals surface area contributed by atoms with Gasteiger partial charge in [0.25, 0.3) is 0 Å². The van der Waals surface area contributed by atoms with E-state index in [2.05, 4.69) is 203 Å². The van der Waals surface area contributed by atoms with Gasteiger partial charge in [-0.15, -0.1) is 11.3 Å². The highest BCUT2D eigenvalue weighted by molar-refractivity contribution is 7.25. The zero-order chi connectivity index (χ0) is 52.3. The van der Waals surface area contributed by atoms with Gasteiger partial charge in [-0.3, -0.25) is 0 Å². The first-order chi connectivity index (χ1) is 37.3. The van der Waals surface area contributed by atoms with Gasteiger partial charge in [-0.2, -0.15) is 0 Å². The first kappa shape index (κ1) is 47.9. The van der Waals surface area contributed by atoms with E-state index in [0.29, 0.717) is 0 Å². The highest BCUT2D eigenvalue weighted by atomic mass is 32.1. The van der Waals surface area contributed by atoms with Gasteiger partial charge in [-0.05, 0) is 185 Å². The van der Waals surface area contributed by atoms with Gasteiger partial charge in [0.05, 0.1) is 22.3 Å². The van der Waals surface area contributed by atoms with E-state index in [9.17, 15) is 0 Å². The van der Waals surface area contributed by atoms with Gasteiger partial charge in [0.1, 0.15) is 0 Å². The van der Waals surface area contributed by atoms with E-state index >= 15 is 0 Å². The molecule has 1 saturated carbocycles. The molecular formula is C72H74BN3S. The number of thiophene rings is 1. The van der Waals surface area contributed by atoms with Crippen LogP contribution in [0.5, 0.6) is 0 Å². The van der Waals surface area contributed by atoms with E-state index in [-0.39, 0.29) is 28.6 Å². The van der Waals surface area contributed by atoms with Crippen LogP contribution in [0.1, 0.15) is 160 Å². The fraction of sp³-hybridized carbons (Fsp3) is 0.361. The van der Waals surface area contributed by atoms with Gasteiger partial charge < -0.3 is 14.3 Å². The minimum Gasteiger partial charge on any atom is -0.376 e. The number of aryl methyl sites for hydroxylation is 2. The lowest BCUT2D eigenvalue weighted by molar-refractivity contribution is 0.195. The summed E-state index contributed by atoms with van der Waals surface area (Å²) in [5, 5.41) is 8.22. The minimum atomic E-state index is -0.123. The minimum absolute atomic E-state index is 0.00777. The second-order valence-electron chi connectivity index (χ2n) is 26.1. The molecule has 0 bridgehead atoms. The van der Waals surface area contributed by atoms with Gasteiger partial charge in [-0.25, -0.2) is 0 Å². The number of fused-ring (bicyclic) bond motifs is 17. The Balaban J connectivity index is 1.10. The van der Waals surface area contributed by atoms with Crippen LogP contribution in [-0.4, -0.2) is 17.0 Å². The van der Waals surface area contributed by atoms with Crippen molar-refractivity contribution < 1.29 is 0 Å². The first-order valence-corrected chi connectivity index (χ1v) is 30.6. The van der Waals surface area contributed by atoms with E-state index in [1.807, 2.05) is 11.3 Å². The Labute approximate surface area is 461 Å². The van der Waals surface area contributed by atoms with E-state index in [4.69, 9.17) is 0 Å². The SMILES string of the molecule is CCCCCc1ccc(N2B3c4cc(CCCCC)ccc4-n4c5ccc6ccccc6c5c5c(N6c7ccccc7C7(C)CCCCC67C)cc(c3c54)-c3cc4sc5cc6c(cc5c4cc32)C(C)(C)CCC6(C)C)cc1. The smallest absolute Gasteiger partial charge is 0.333 e. The molecular weight excluding hydrogens is 950 g/mol. The summed E-state index contributed by atoms with van der Waals surface area (Å²) in [5.41, 5.74) is 22.6. The Morgan fingerprint density at radius 2 is 1.21 bits per heavy atom. The van der Waals surface area contributed by atoms with Crippen LogP contribution >= 0.6 is 11.3 Å². The molecule has 0 spiro atoms. The number of para-hydroxylation sites is 1. The molecule has 0 saturated heterocycles. The third-order valence-corrected chi connectivity index (χ3v) is 21.9. The Morgan fingerprint density at radius 3 is 2.00 bits per heavy atom. The van der Waals surface area contributed by atoms with Gasteiger partial charge >= 0.3 is 6.85 Å². The van der Waals surface area contributed by atoms with Crippen LogP contribution in [0.4, 0.5) is 22.7 Å². The number of hydrogen-bond donors (Lipinski definition) is 0. The summed E-state index contributed by atoms with van der Waals surface area (Å²) in [4.78, 5) is 5.72. The Kier molecular flexibility index (Phi) is 10.6. The lowest BCUT2D eigenvalue weighted by Gasteiger charge is -2.51. The first-order valence-electron chi connectivity index (χ1n) is 29.8. The Hall–Kier alpha value is -6.30. The average Bonchev–Trinajstić information content (AvgIpc) is 3.53. The predicted octanol–water partition coefficient (Wildman–Crippen LogP) is 19.1. The summed E-state index contributed by atoms with van der Waals surface area (Å²) in [5.74, 6) is 0. The standard InChI is InChI=1S/C72H74BN3S/c1-9-11-13-21-45-27-31-48(32-28-45)76-61-41-52-51-40-55-56(70(5,6)38-37-69(55,3)4)44-64(51)77-63(52)43-50(61)53-42-62(75-58-26-18-17-25-54(58)71(7)35-19-20-36-72(71,75)8)66-65-49-24-16-15-23-47(49)30-34-60(65)74-59-33-29-46(22-14-12-10-2)39-57(59)73(76)67(53)68(66)74/h15-18,23-34,39-44H,9-14,19-22,35-38H2,1-8H3. The molecule has 15 rings (SSSR count). The molecule has 10 aromatic rings. The van der Waals surface area contributed by atoms with Gasteiger partial charge in [0, 0.05) is 64.7 Å². The highest BCUT2D eigenvalue weighted by Gasteiger charge is 2.58. The topological polar surface area (TPSA) is 11.4 Å². The zero-order valence-corrected chi connectivity index (χ0v) is 47.7. The normalized spacial score (nSPS) is 20.5. The van der Waals surface area contributed by atoms with Crippen molar-refractivity contribution >= 4 is 105 Å². The van der Waals surface area contributed by atoms with E-state index in [1.54, 1.807) is 5.56 Å². The fourth-order valence-electron chi connectivity index (χ4n) is 16.3. The maximum atomic E-state index is 2.90. The summed E-state index contributed by atoms with van der Waals surface area (Å²) >= 11 is 2.02. The molecule has 0 N–H and O–H groups in total. The summed E-state index contributed by atoms with van der Waals surface area (Å²) in [6.07, 6.45) is 16.9. The molecule has 386 valence electrons. The van der Waals surface area contributed by atoms with Gasteiger partial charge in [0.2, 0.25) is 0 Å². The van der Waals surface area contributed by atoms with E-state index in [0.717, 1.165) is 19.3 Å². The van der Waals surface area contributed by atoms with Crippen molar-refractivity contribution in [1.82, 2.24) is 4.57 Å². The molecule has 0 amide bonds. The lowest BCUT2D eigenvalue weighted by Crippen LogP contribution is -2.61. The van der Waals surface area contributed by atoms with Crippen LogP contribution in [0.15, 0.2) is 133 Å². The monoisotopic (exact) mass is 1020 g/mol. The molecule has 8 aromatic carbocycles. The average molecular weight is 1020 g/mol. The highest BCUT2D eigenvalue weighted by Crippen LogP contribution is 2.63. The van der Waals surface area contributed by atoms with Crippen LogP contribution in [-0.2, 0) is 29.1 Å². The molecule has 2 aromatic heterocycles. The largest absolute Gasteiger partial charge is 0.376 e. The van der Waals surface area contributed by atoms with E-state index in [1.165, 1.54) is 196 Å².